The van der Waals surface area contributed by atoms with E-state index in [4.69, 9.17) is 19.3 Å². The van der Waals surface area contributed by atoms with Crippen LogP contribution in [0.1, 0.15) is 69.8 Å². The number of nitrogens with zero attached hydrogens (tertiary/aromatic N) is 5. The third kappa shape index (κ3) is 4.90. The van der Waals surface area contributed by atoms with Gasteiger partial charge in [-0.05, 0) is 50.7 Å². The van der Waals surface area contributed by atoms with E-state index in [0.29, 0.717) is 17.5 Å². The van der Waals surface area contributed by atoms with Crippen LogP contribution in [0.5, 0.6) is 5.75 Å². The molecule has 2 aliphatic rings. The zero-order valence-corrected chi connectivity index (χ0v) is 17.7. The summed E-state index contributed by atoms with van der Waals surface area (Å²) in [4.78, 5) is 10.7. The Hall–Kier alpha value is -2.66. The van der Waals surface area contributed by atoms with E-state index in [1.54, 1.807) is 12.3 Å². The smallest absolute Gasteiger partial charge is 0.324 e. The van der Waals surface area contributed by atoms with E-state index in [2.05, 4.69) is 39.9 Å². The van der Waals surface area contributed by atoms with Crippen molar-refractivity contribution >= 4 is 6.01 Å². The lowest BCUT2D eigenvalue weighted by Crippen LogP contribution is -2.39. The number of pyridine rings is 1. The molecule has 0 unspecified atom stereocenters. The van der Waals surface area contributed by atoms with Crippen molar-refractivity contribution in [2.75, 3.05) is 18.0 Å². The van der Waals surface area contributed by atoms with E-state index in [1.807, 2.05) is 6.07 Å². The van der Waals surface area contributed by atoms with Gasteiger partial charge in [-0.3, -0.25) is 0 Å². The van der Waals surface area contributed by atoms with Gasteiger partial charge in [0, 0.05) is 25.2 Å². The molecule has 1 aliphatic heterocycles. The van der Waals surface area contributed by atoms with E-state index in [-0.39, 0.29) is 24.2 Å². The highest BCUT2D eigenvalue weighted by Gasteiger charge is 2.29. The van der Waals surface area contributed by atoms with E-state index >= 15 is 0 Å². The number of hydrogen-bond donors (Lipinski definition) is 0. The molecule has 8 heteroatoms. The van der Waals surface area contributed by atoms with Crippen LogP contribution in [0, 0.1) is 11.3 Å². The van der Waals surface area contributed by atoms with Gasteiger partial charge in [-0.15, -0.1) is 0 Å². The zero-order valence-electron chi connectivity index (χ0n) is 17.7. The molecule has 1 saturated heterocycles. The van der Waals surface area contributed by atoms with Crippen molar-refractivity contribution in [1.82, 2.24) is 15.1 Å². The molecule has 1 aliphatic carbocycles. The summed E-state index contributed by atoms with van der Waals surface area (Å²) in [6.07, 6.45) is 8.06. The Kier molecular flexibility index (Phi) is 6.48. The minimum atomic E-state index is 0.121. The molecule has 30 heavy (non-hydrogen) atoms. The number of hydrogen-bond acceptors (Lipinski definition) is 8. The van der Waals surface area contributed by atoms with Crippen LogP contribution in [0.15, 0.2) is 22.9 Å². The SMILES string of the molecule is CC(C)c1noc(N2CCC(O[C@H]3CC[C@H](Oc4cccnc4C#N)CC3)CC2)n1. The van der Waals surface area contributed by atoms with Crippen LogP contribution in [-0.2, 0) is 4.74 Å². The summed E-state index contributed by atoms with van der Waals surface area (Å²) < 4.78 is 17.8. The van der Waals surface area contributed by atoms with Gasteiger partial charge < -0.3 is 18.9 Å². The lowest BCUT2D eigenvalue weighted by Gasteiger charge is -2.35. The predicted molar refractivity (Wildman–Crippen MR) is 110 cm³/mol. The molecule has 0 radical (unpaired) electrons. The molecule has 160 valence electrons. The summed E-state index contributed by atoms with van der Waals surface area (Å²) in [5.41, 5.74) is 0.351. The van der Waals surface area contributed by atoms with Gasteiger partial charge in [0.05, 0.1) is 18.3 Å². The third-order valence-corrected chi connectivity index (χ3v) is 5.84. The summed E-state index contributed by atoms with van der Waals surface area (Å²) in [5.74, 6) is 1.61. The second kappa shape index (κ2) is 9.43. The fourth-order valence-electron chi connectivity index (χ4n) is 4.08. The number of rotatable bonds is 6. The molecular weight excluding hydrogens is 382 g/mol. The summed E-state index contributed by atoms with van der Waals surface area (Å²) in [7, 11) is 0. The molecule has 2 aromatic rings. The molecule has 0 N–H and O–H groups in total. The molecule has 0 amide bonds. The Morgan fingerprint density at radius 1 is 1.10 bits per heavy atom. The van der Waals surface area contributed by atoms with Crippen LogP contribution in [0.2, 0.25) is 0 Å². The molecule has 3 heterocycles. The average molecular weight is 412 g/mol. The number of nitriles is 1. The van der Waals surface area contributed by atoms with Crippen molar-refractivity contribution in [2.24, 2.45) is 0 Å². The zero-order chi connectivity index (χ0) is 20.9. The normalized spacial score (nSPS) is 22.8. The Morgan fingerprint density at radius 2 is 1.80 bits per heavy atom. The predicted octanol–water partition coefficient (Wildman–Crippen LogP) is 3.84. The van der Waals surface area contributed by atoms with Gasteiger partial charge >= 0.3 is 6.01 Å². The van der Waals surface area contributed by atoms with Gasteiger partial charge in [0.2, 0.25) is 0 Å². The van der Waals surface area contributed by atoms with E-state index in [0.717, 1.165) is 57.4 Å². The summed E-state index contributed by atoms with van der Waals surface area (Å²) >= 11 is 0. The van der Waals surface area contributed by atoms with Crippen molar-refractivity contribution in [3.8, 4) is 11.8 Å². The lowest BCUT2D eigenvalue weighted by molar-refractivity contribution is -0.0530. The van der Waals surface area contributed by atoms with E-state index in [9.17, 15) is 0 Å². The lowest BCUT2D eigenvalue weighted by atomic mass is 9.94. The monoisotopic (exact) mass is 411 g/mol. The highest BCUT2D eigenvalue weighted by molar-refractivity contribution is 5.36. The third-order valence-electron chi connectivity index (χ3n) is 5.84. The molecule has 4 rings (SSSR count). The molecule has 0 aromatic carbocycles. The molecular formula is C22H29N5O3. The van der Waals surface area contributed by atoms with Crippen molar-refractivity contribution in [1.29, 1.82) is 5.26 Å². The maximum atomic E-state index is 9.16. The first kappa shape index (κ1) is 20.6. The van der Waals surface area contributed by atoms with Crippen LogP contribution >= 0.6 is 0 Å². The standard InChI is InChI=1S/C22H29N5O3/c1-15(2)21-25-22(30-26-21)27-12-9-18(10-13-27)28-16-5-7-17(8-6-16)29-20-4-3-11-24-19(20)14-23/h3-4,11,15-18H,5-10,12-13H2,1-2H3/t16-,17-. The molecule has 0 bridgehead atoms. The quantitative estimate of drug-likeness (QED) is 0.707. The number of anilines is 1. The topological polar surface area (TPSA) is 97.3 Å². The first-order valence-electron chi connectivity index (χ1n) is 10.9. The highest BCUT2D eigenvalue weighted by Crippen LogP contribution is 2.29. The summed E-state index contributed by atoms with van der Waals surface area (Å²) in [6.45, 7) is 5.88. The second-order valence-electron chi connectivity index (χ2n) is 8.39. The molecule has 0 atom stereocenters. The minimum absolute atomic E-state index is 0.121. The molecule has 8 nitrogen and oxygen atoms in total. The average Bonchev–Trinajstić information content (AvgIpc) is 3.27. The largest absolute Gasteiger partial charge is 0.487 e. The Morgan fingerprint density at radius 3 is 2.47 bits per heavy atom. The fourth-order valence-corrected chi connectivity index (χ4v) is 4.08. The van der Waals surface area contributed by atoms with Crippen LogP contribution in [0.3, 0.4) is 0 Å². The van der Waals surface area contributed by atoms with Crippen molar-refractivity contribution in [3.63, 3.8) is 0 Å². The van der Waals surface area contributed by atoms with Gasteiger partial charge in [0.15, 0.2) is 17.3 Å². The van der Waals surface area contributed by atoms with Crippen molar-refractivity contribution in [2.45, 2.75) is 76.6 Å². The van der Waals surface area contributed by atoms with Gasteiger partial charge in [-0.2, -0.15) is 10.2 Å². The van der Waals surface area contributed by atoms with Gasteiger partial charge in [-0.1, -0.05) is 19.0 Å². The van der Waals surface area contributed by atoms with Crippen LogP contribution < -0.4 is 9.64 Å². The van der Waals surface area contributed by atoms with Crippen molar-refractivity contribution < 1.29 is 14.0 Å². The fraction of sp³-hybridized carbons (Fsp3) is 0.636. The van der Waals surface area contributed by atoms with Crippen LogP contribution in [0.4, 0.5) is 6.01 Å². The number of ether oxygens (including phenoxy) is 2. The summed E-state index contributed by atoms with van der Waals surface area (Å²) in [6, 6.07) is 6.33. The minimum Gasteiger partial charge on any atom is -0.487 e. The maximum Gasteiger partial charge on any atom is 0.324 e. The van der Waals surface area contributed by atoms with Crippen LogP contribution in [0.25, 0.3) is 0 Å². The van der Waals surface area contributed by atoms with Gasteiger partial charge in [0.25, 0.3) is 0 Å². The van der Waals surface area contributed by atoms with E-state index in [1.165, 1.54) is 0 Å². The number of aromatic nitrogens is 3. The van der Waals surface area contributed by atoms with Gasteiger partial charge in [0.1, 0.15) is 6.07 Å². The number of piperidine rings is 1. The first-order chi connectivity index (χ1) is 14.6. The second-order valence-corrected chi connectivity index (χ2v) is 8.39. The van der Waals surface area contributed by atoms with Crippen LogP contribution in [-0.4, -0.2) is 46.5 Å². The Bertz CT molecular complexity index is 862. The Balaban J connectivity index is 1.20. The maximum absolute atomic E-state index is 9.16. The van der Waals surface area contributed by atoms with Crippen molar-refractivity contribution in [3.05, 3.63) is 29.8 Å². The first-order valence-corrected chi connectivity index (χ1v) is 10.9. The highest BCUT2D eigenvalue weighted by atomic mass is 16.5. The Labute approximate surface area is 177 Å². The van der Waals surface area contributed by atoms with E-state index < -0.39 is 0 Å². The summed E-state index contributed by atoms with van der Waals surface area (Å²) in [5, 5.41) is 13.2. The molecule has 2 fully saturated rings. The molecule has 0 spiro atoms. The molecule has 2 aromatic heterocycles. The van der Waals surface area contributed by atoms with Gasteiger partial charge in [-0.25, -0.2) is 4.98 Å². The molecule has 1 saturated carbocycles.